The third-order valence-electron chi connectivity index (χ3n) is 1.69. The van der Waals surface area contributed by atoms with Gasteiger partial charge in [-0.25, -0.2) is 4.79 Å². The standard InChI is InChI=1S/C9H9F2NO3S/c1-5-7(8(13)14)9(15-12-5)16-4-2-3-6(10)11/h3H,2,4H2,1H3,(H,13,14). The summed E-state index contributed by atoms with van der Waals surface area (Å²) in [5, 5.41) is 12.5. The monoisotopic (exact) mass is 249 g/mol. The number of carbonyl (C=O) groups is 1. The maximum atomic E-state index is 11.7. The molecule has 0 aromatic carbocycles. The Bertz CT molecular complexity index is 413. The number of aromatic carboxylic acids is 1. The van der Waals surface area contributed by atoms with Gasteiger partial charge in [-0.2, -0.15) is 8.78 Å². The zero-order valence-corrected chi connectivity index (χ0v) is 9.18. The summed E-state index contributed by atoms with van der Waals surface area (Å²) in [6.07, 6.45) is -0.824. The Labute approximate surface area is 94.3 Å². The molecule has 0 aliphatic heterocycles. The second kappa shape index (κ2) is 5.64. The van der Waals surface area contributed by atoms with Gasteiger partial charge in [-0.3, -0.25) is 0 Å². The highest BCUT2D eigenvalue weighted by molar-refractivity contribution is 7.99. The highest BCUT2D eigenvalue weighted by Gasteiger charge is 2.19. The number of allylic oxidation sites excluding steroid dienone is 1. The molecule has 0 saturated heterocycles. The fraction of sp³-hybridized carbons (Fsp3) is 0.333. The van der Waals surface area contributed by atoms with Crippen molar-refractivity contribution in [2.75, 3.05) is 5.75 Å². The third-order valence-corrected chi connectivity index (χ3v) is 2.68. The van der Waals surface area contributed by atoms with Crippen LogP contribution in [0.4, 0.5) is 8.78 Å². The van der Waals surface area contributed by atoms with Gasteiger partial charge in [0.15, 0.2) is 0 Å². The average molecular weight is 249 g/mol. The van der Waals surface area contributed by atoms with E-state index in [0.29, 0.717) is 5.75 Å². The van der Waals surface area contributed by atoms with Gasteiger partial charge >= 0.3 is 5.97 Å². The first-order valence-corrected chi connectivity index (χ1v) is 5.34. The summed E-state index contributed by atoms with van der Waals surface area (Å²) >= 11 is 1.05. The summed E-state index contributed by atoms with van der Waals surface area (Å²) < 4.78 is 28.2. The van der Waals surface area contributed by atoms with Crippen LogP contribution >= 0.6 is 11.8 Å². The van der Waals surface area contributed by atoms with Gasteiger partial charge in [0, 0.05) is 5.75 Å². The summed E-state index contributed by atoms with van der Waals surface area (Å²) in [6.45, 7) is 1.51. The lowest BCUT2D eigenvalue weighted by atomic mass is 10.3. The van der Waals surface area contributed by atoms with Gasteiger partial charge in [0.25, 0.3) is 6.08 Å². The zero-order valence-electron chi connectivity index (χ0n) is 8.37. The molecule has 0 aliphatic rings. The first kappa shape index (κ1) is 12.7. The van der Waals surface area contributed by atoms with Crippen molar-refractivity contribution in [2.45, 2.75) is 18.4 Å². The van der Waals surface area contributed by atoms with Gasteiger partial charge in [0.05, 0.1) is 5.69 Å². The molecule has 0 bridgehead atoms. The van der Waals surface area contributed by atoms with Crippen LogP contribution in [0.1, 0.15) is 22.5 Å². The lowest BCUT2D eigenvalue weighted by Gasteiger charge is -1.95. The van der Waals surface area contributed by atoms with Crippen LogP contribution in [0.15, 0.2) is 21.8 Å². The second-order valence-electron chi connectivity index (χ2n) is 2.87. The Kier molecular flexibility index (Phi) is 4.48. The van der Waals surface area contributed by atoms with Gasteiger partial charge in [0.1, 0.15) is 5.56 Å². The predicted molar refractivity (Wildman–Crippen MR) is 53.8 cm³/mol. The van der Waals surface area contributed by atoms with Gasteiger partial charge in [-0.15, -0.1) is 0 Å². The number of aryl methyl sites for hydroxylation is 1. The maximum absolute atomic E-state index is 11.7. The van der Waals surface area contributed by atoms with E-state index in [9.17, 15) is 13.6 Å². The van der Waals surface area contributed by atoms with Crippen LogP contribution in [-0.2, 0) is 0 Å². The number of halogens is 2. The van der Waals surface area contributed by atoms with E-state index >= 15 is 0 Å². The van der Waals surface area contributed by atoms with Gasteiger partial charge in [-0.05, 0) is 19.4 Å². The summed E-state index contributed by atoms with van der Waals surface area (Å²) in [4.78, 5) is 10.8. The van der Waals surface area contributed by atoms with Gasteiger partial charge in [-0.1, -0.05) is 16.9 Å². The fourth-order valence-electron chi connectivity index (χ4n) is 1.01. The molecule has 0 atom stereocenters. The normalized spacial score (nSPS) is 10.2. The lowest BCUT2D eigenvalue weighted by Crippen LogP contribution is -1.98. The van der Waals surface area contributed by atoms with Crippen molar-refractivity contribution in [2.24, 2.45) is 0 Å². The molecule has 0 unspecified atom stereocenters. The van der Waals surface area contributed by atoms with Crippen LogP contribution < -0.4 is 0 Å². The first-order valence-electron chi connectivity index (χ1n) is 4.36. The van der Waals surface area contributed by atoms with Crippen LogP contribution in [0, 0.1) is 6.92 Å². The molecule has 16 heavy (non-hydrogen) atoms. The molecule has 7 heteroatoms. The molecule has 0 saturated carbocycles. The molecule has 1 aromatic heterocycles. The van der Waals surface area contributed by atoms with Gasteiger partial charge < -0.3 is 9.63 Å². The minimum atomic E-state index is -1.74. The smallest absolute Gasteiger partial charge is 0.342 e. The first-order chi connectivity index (χ1) is 7.52. The number of thioether (sulfide) groups is 1. The molecule has 0 amide bonds. The van der Waals surface area contributed by atoms with E-state index in [1.54, 1.807) is 0 Å². The van der Waals surface area contributed by atoms with Crippen molar-refractivity contribution in [3.8, 4) is 0 Å². The Morgan fingerprint density at radius 2 is 2.31 bits per heavy atom. The molecule has 0 aliphatic carbocycles. The summed E-state index contributed by atoms with van der Waals surface area (Å²) in [6, 6.07) is 0. The molecule has 1 rings (SSSR count). The SMILES string of the molecule is Cc1noc(SCCC=C(F)F)c1C(=O)O. The summed E-state index contributed by atoms with van der Waals surface area (Å²) in [5.74, 6) is -0.819. The molecule has 1 heterocycles. The number of rotatable bonds is 5. The molecule has 1 N–H and O–H groups in total. The number of hydrogen-bond donors (Lipinski definition) is 1. The fourth-order valence-corrected chi connectivity index (χ4v) is 1.90. The largest absolute Gasteiger partial charge is 0.477 e. The minimum absolute atomic E-state index is 0.00491. The number of aromatic nitrogens is 1. The average Bonchev–Trinajstić information content (AvgIpc) is 2.54. The molecule has 88 valence electrons. The van der Waals surface area contributed by atoms with Crippen molar-refractivity contribution < 1.29 is 23.2 Å². The highest BCUT2D eigenvalue weighted by Crippen LogP contribution is 2.26. The third kappa shape index (κ3) is 3.34. The van der Waals surface area contributed by atoms with E-state index in [0.717, 1.165) is 17.8 Å². The molecule has 0 spiro atoms. The number of hydrogen-bond acceptors (Lipinski definition) is 4. The number of carboxylic acids is 1. The molecule has 0 fully saturated rings. The Morgan fingerprint density at radius 3 is 2.88 bits per heavy atom. The van der Waals surface area contributed by atoms with Crippen molar-refractivity contribution >= 4 is 17.7 Å². The van der Waals surface area contributed by atoms with E-state index in [-0.39, 0.29) is 22.8 Å². The number of carboxylic acid groups (broad SMARTS) is 1. The Morgan fingerprint density at radius 1 is 1.62 bits per heavy atom. The lowest BCUT2D eigenvalue weighted by molar-refractivity contribution is 0.0689. The van der Waals surface area contributed by atoms with Crippen molar-refractivity contribution in [1.82, 2.24) is 5.16 Å². The van der Waals surface area contributed by atoms with Crippen molar-refractivity contribution in [1.29, 1.82) is 0 Å². The van der Waals surface area contributed by atoms with E-state index in [1.807, 2.05) is 0 Å². The van der Waals surface area contributed by atoms with E-state index < -0.39 is 12.0 Å². The maximum Gasteiger partial charge on any atom is 0.342 e. The van der Waals surface area contributed by atoms with Gasteiger partial charge in [0.2, 0.25) is 5.09 Å². The van der Waals surface area contributed by atoms with Crippen molar-refractivity contribution in [3.05, 3.63) is 23.4 Å². The van der Waals surface area contributed by atoms with Crippen LogP contribution in [-0.4, -0.2) is 22.0 Å². The Hall–Kier alpha value is -1.37. The summed E-state index contributed by atoms with van der Waals surface area (Å²) in [5.41, 5.74) is 0.275. The van der Waals surface area contributed by atoms with Crippen LogP contribution in [0.2, 0.25) is 0 Å². The molecule has 1 aromatic rings. The molecule has 4 nitrogen and oxygen atoms in total. The topological polar surface area (TPSA) is 63.3 Å². The zero-order chi connectivity index (χ0) is 12.1. The summed E-state index contributed by atoms with van der Waals surface area (Å²) in [7, 11) is 0. The molecule has 0 radical (unpaired) electrons. The number of nitrogens with zero attached hydrogens (tertiary/aromatic N) is 1. The van der Waals surface area contributed by atoms with E-state index in [4.69, 9.17) is 9.63 Å². The van der Waals surface area contributed by atoms with Crippen LogP contribution in [0.25, 0.3) is 0 Å². The quantitative estimate of drug-likeness (QED) is 0.642. The van der Waals surface area contributed by atoms with Crippen molar-refractivity contribution in [3.63, 3.8) is 0 Å². The second-order valence-corrected chi connectivity index (χ2v) is 3.93. The Balaban J connectivity index is 2.61. The molecular weight excluding hydrogens is 240 g/mol. The highest BCUT2D eigenvalue weighted by atomic mass is 32.2. The van der Waals surface area contributed by atoms with Crippen LogP contribution in [0.3, 0.4) is 0 Å². The van der Waals surface area contributed by atoms with E-state index in [2.05, 4.69) is 5.16 Å². The van der Waals surface area contributed by atoms with Crippen LogP contribution in [0.5, 0.6) is 0 Å². The molecular formula is C9H9F2NO3S. The predicted octanol–water partition coefficient (Wildman–Crippen LogP) is 2.94. The minimum Gasteiger partial charge on any atom is -0.477 e. The van der Waals surface area contributed by atoms with E-state index in [1.165, 1.54) is 6.92 Å².